The first kappa shape index (κ1) is 11.4. The van der Waals surface area contributed by atoms with Crippen LogP contribution in [0.4, 0.5) is 0 Å². The molecule has 2 aromatic rings. The lowest BCUT2D eigenvalue weighted by atomic mass is 9.97. The number of fused-ring (bicyclic) bond motifs is 1. The Labute approximate surface area is 107 Å². The summed E-state index contributed by atoms with van der Waals surface area (Å²) in [6.45, 7) is 3.39. The van der Waals surface area contributed by atoms with Crippen molar-refractivity contribution in [3.8, 4) is 0 Å². The molecule has 0 saturated heterocycles. The van der Waals surface area contributed by atoms with Crippen LogP contribution in [-0.4, -0.2) is 4.98 Å². The van der Waals surface area contributed by atoms with E-state index in [1.54, 1.807) is 0 Å². The van der Waals surface area contributed by atoms with Crippen LogP contribution in [0.15, 0.2) is 36.5 Å². The van der Waals surface area contributed by atoms with Gasteiger partial charge in [-0.2, -0.15) is 0 Å². The van der Waals surface area contributed by atoms with E-state index in [0.717, 1.165) is 23.4 Å². The third-order valence-corrected chi connectivity index (χ3v) is 3.40. The van der Waals surface area contributed by atoms with Gasteiger partial charge in [-0.25, -0.2) is 0 Å². The van der Waals surface area contributed by atoms with Gasteiger partial charge in [0.1, 0.15) is 0 Å². The molecule has 2 N–H and O–H groups in total. The summed E-state index contributed by atoms with van der Waals surface area (Å²) in [6.07, 6.45) is 1.85. The molecule has 1 aromatic heterocycles. The highest BCUT2D eigenvalue weighted by Crippen LogP contribution is 2.25. The van der Waals surface area contributed by atoms with Gasteiger partial charge in [0.05, 0.1) is 19.3 Å². The van der Waals surface area contributed by atoms with E-state index in [9.17, 15) is 0 Å². The van der Waals surface area contributed by atoms with Gasteiger partial charge in [0.15, 0.2) is 0 Å². The zero-order valence-corrected chi connectivity index (χ0v) is 10.4. The van der Waals surface area contributed by atoms with Crippen LogP contribution in [0.2, 0.25) is 0 Å². The molecule has 3 heteroatoms. The molecule has 0 fully saturated rings. The van der Waals surface area contributed by atoms with Crippen LogP contribution in [0.25, 0.3) is 0 Å². The van der Waals surface area contributed by atoms with Gasteiger partial charge in [0.25, 0.3) is 0 Å². The van der Waals surface area contributed by atoms with E-state index in [-0.39, 0.29) is 6.04 Å². The average molecular weight is 240 g/mol. The van der Waals surface area contributed by atoms with Gasteiger partial charge in [-0.05, 0) is 35.2 Å². The van der Waals surface area contributed by atoms with Gasteiger partial charge < -0.3 is 10.5 Å². The second-order valence-electron chi connectivity index (χ2n) is 4.73. The second-order valence-corrected chi connectivity index (χ2v) is 4.73. The molecular weight excluding hydrogens is 224 g/mol. The van der Waals surface area contributed by atoms with Crippen molar-refractivity contribution < 1.29 is 4.74 Å². The van der Waals surface area contributed by atoms with Gasteiger partial charge in [-0.15, -0.1) is 0 Å². The normalized spacial score (nSPS) is 15.4. The van der Waals surface area contributed by atoms with Crippen LogP contribution in [-0.2, 0) is 18.0 Å². The average Bonchev–Trinajstić information content (AvgIpc) is 2.86. The number of aromatic nitrogens is 1. The fourth-order valence-electron chi connectivity index (χ4n) is 2.24. The van der Waals surface area contributed by atoms with Crippen molar-refractivity contribution in [3.63, 3.8) is 0 Å². The molecule has 2 heterocycles. The summed E-state index contributed by atoms with van der Waals surface area (Å²) in [4.78, 5) is 4.29. The zero-order valence-electron chi connectivity index (χ0n) is 10.4. The number of hydrogen-bond acceptors (Lipinski definition) is 3. The minimum absolute atomic E-state index is 0.121. The van der Waals surface area contributed by atoms with Gasteiger partial charge >= 0.3 is 0 Å². The largest absolute Gasteiger partial charge is 0.372 e. The van der Waals surface area contributed by atoms with Crippen LogP contribution in [0, 0.1) is 6.92 Å². The second kappa shape index (κ2) is 4.52. The van der Waals surface area contributed by atoms with Gasteiger partial charge in [-0.1, -0.05) is 24.3 Å². The Hall–Kier alpha value is -1.71. The first-order valence-corrected chi connectivity index (χ1v) is 6.11. The molecule has 18 heavy (non-hydrogen) atoms. The Kier molecular flexibility index (Phi) is 2.86. The fraction of sp³-hybridized carbons (Fsp3) is 0.267. The van der Waals surface area contributed by atoms with E-state index in [4.69, 9.17) is 10.5 Å². The lowest BCUT2D eigenvalue weighted by Crippen LogP contribution is -2.12. The fourth-order valence-corrected chi connectivity index (χ4v) is 2.24. The van der Waals surface area contributed by atoms with E-state index in [2.05, 4.69) is 23.2 Å². The molecule has 0 saturated carbocycles. The SMILES string of the molecule is Cc1ccc(C(N)c2ccc3c(c2)COC3)cn1. The summed E-state index contributed by atoms with van der Waals surface area (Å²) >= 11 is 0. The summed E-state index contributed by atoms with van der Waals surface area (Å²) in [5, 5.41) is 0. The Morgan fingerprint density at radius 3 is 2.67 bits per heavy atom. The van der Waals surface area contributed by atoms with Crippen LogP contribution in [0.5, 0.6) is 0 Å². The quantitative estimate of drug-likeness (QED) is 0.877. The van der Waals surface area contributed by atoms with Gasteiger partial charge in [0, 0.05) is 11.9 Å². The van der Waals surface area contributed by atoms with Gasteiger partial charge in [-0.3, -0.25) is 4.98 Å². The van der Waals surface area contributed by atoms with Crippen molar-refractivity contribution in [2.24, 2.45) is 5.73 Å². The topological polar surface area (TPSA) is 48.1 Å². The number of rotatable bonds is 2. The lowest BCUT2D eigenvalue weighted by Gasteiger charge is -2.13. The smallest absolute Gasteiger partial charge is 0.0725 e. The summed E-state index contributed by atoms with van der Waals surface area (Å²) in [5.74, 6) is 0. The van der Waals surface area contributed by atoms with Crippen molar-refractivity contribution in [2.45, 2.75) is 26.2 Å². The predicted molar refractivity (Wildman–Crippen MR) is 69.9 cm³/mol. The number of nitrogens with two attached hydrogens (primary N) is 1. The highest BCUT2D eigenvalue weighted by atomic mass is 16.5. The maximum Gasteiger partial charge on any atom is 0.0725 e. The molecule has 1 unspecified atom stereocenters. The molecule has 1 aromatic carbocycles. The Morgan fingerprint density at radius 1 is 1.11 bits per heavy atom. The number of benzene rings is 1. The Bertz CT molecular complexity index is 563. The van der Waals surface area contributed by atoms with Crippen LogP contribution in [0.3, 0.4) is 0 Å². The molecule has 0 aliphatic carbocycles. The van der Waals surface area contributed by atoms with Crippen molar-refractivity contribution >= 4 is 0 Å². The lowest BCUT2D eigenvalue weighted by molar-refractivity contribution is 0.134. The minimum Gasteiger partial charge on any atom is -0.372 e. The molecule has 0 amide bonds. The maximum atomic E-state index is 6.28. The number of aryl methyl sites for hydroxylation is 1. The zero-order chi connectivity index (χ0) is 12.5. The molecule has 0 spiro atoms. The Balaban J connectivity index is 1.92. The molecule has 0 radical (unpaired) electrons. The van der Waals surface area contributed by atoms with Crippen LogP contribution < -0.4 is 5.73 Å². The molecular formula is C15H16N2O. The third-order valence-electron chi connectivity index (χ3n) is 3.40. The molecule has 1 aliphatic heterocycles. The van der Waals surface area contributed by atoms with E-state index in [1.807, 2.05) is 25.3 Å². The van der Waals surface area contributed by atoms with E-state index < -0.39 is 0 Å². The third kappa shape index (κ3) is 2.03. The molecule has 1 atom stereocenters. The number of nitrogens with zero attached hydrogens (tertiary/aromatic N) is 1. The summed E-state index contributed by atoms with van der Waals surface area (Å²) in [5.41, 5.74) is 12.0. The van der Waals surface area contributed by atoms with E-state index >= 15 is 0 Å². The molecule has 92 valence electrons. The van der Waals surface area contributed by atoms with E-state index in [0.29, 0.717) is 6.61 Å². The predicted octanol–water partition coefficient (Wildman–Crippen LogP) is 2.47. The number of pyridine rings is 1. The molecule has 0 bridgehead atoms. The highest BCUT2D eigenvalue weighted by molar-refractivity contribution is 5.38. The van der Waals surface area contributed by atoms with Crippen molar-refractivity contribution in [3.05, 3.63) is 64.5 Å². The van der Waals surface area contributed by atoms with Crippen molar-refractivity contribution in [1.29, 1.82) is 0 Å². The van der Waals surface area contributed by atoms with Crippen molar-refractivity contribution in [1.82, 2.24) is 4.98 Å². The van der Waals surface area contributed by atoms with E-state index in [1.165, 1.54) is 11.1 Å². The minimum atomic E-state index is -0.121. The molecule has 1 aliphatic rings. The van der Waals surface area contributed by atoms with Gasteiger partial charge in [0.2, 0.25) is 0 Å². The monoisotopic (exact) mass is 240 g/mol. The molecule has 3 nitrogen and oxygen atoms in total. The first-order chi connectivity index (χ1) is 8.74. The summed E-state index contributed by atoms with van der Waals surface area (Å²) < 4.78 is 5.42. The summed E-state index contributed by atoms with van der Waals surface area (Å²) in [6, 6.07) is 10.2. The number of ether oxygens (including phenoxy) is 1. The Morgan fingerprint density at radius 2 is 1.89 bits per heavy atom. The standard InChI is InChI=1S/C15H16N2O/c1-10-2-3-12(7-17-10)15(16)11-4-5-13-8-18-9-14(13)6-11/h2-7,15H,8-9,16H2,1H3. The maximum absolute atomic E-state index is 6.28. The van der Waals surface area contributed by atoms with Crippen molar-refractivity contribution in [2.75, 3.05) is 0 Å². The number of hydrogen-bond donors (Lipinski definition) is 1. The summed E-state index contributed by atoms with van der Waals surface area (Å²) in [7, 11) is 0. The highest BCUT2D eigenvalue weighted by Gasteiger charge is 2.15. The first-order valence-electron chi connectivity index (χ1n) is 6.11. The van der Waals surface area contributed by atoms with Crippen LogP contribution in [0.1, 0.15) is 34.0 Å². The molecule has 3 rings (SSSR count). The van der Waals surface area contributed by atoms with Crippen LogP contribution >= 0.6 is 0 Å².